The van der Waals surface area contributed by atoms with Crippen LogP contribution in [0.4, 0.5) is 23.1 Å². The number of anilines is 4. The summed E-state index contributed by atoms with van der Waals surface area (Å²) in [6.07, 6.45) is 7.56. The van der Waals surface area contributed by atoms with Gasteiger partial charge in [0.2, 0.25) is 5.95 Å². The van der Waals surface area contributed by atoms with E-state index in [1.54, 1.807) is 13.3 Å². The molecule has 2 aromatic heterocycles. The highest BCUT2D eigenvalue weighted by molar-refractivity contribution is 5.95. The van der Waals surface area contributed by atoms with Crippen molar-refractivity contribution in [2.45, 2.75) is 46.0 Å². The molecule has 0 amide bonds. The molecule has 0 spiro atoms. The molecule has 0 aliphatic rings. The van der Waals surface area contributed by atoms with E-state index < -0.39 is 0 Å². The second-order valence-corrected chi connectivity index (χ2v) is 8.62. The number of aromatic nitrogens is 3. The summed E-state index contributed by atoms with van der Waals surface area (Å²) in [6, 6.07) is 15.8. The second-order valence-electron chi connectivity index (χ2n) is 8.62. The Kier molecular flexibility index (Phi) is 8.24. The molecule has 4 rings (SSSR count). The Morgan fingerprint density at radius 3 is 2.61 bits per heavy atom. The summed E-state index contributed by atoms with van der Waals surface area (Å²) in [5, 5.41) is 16.9. The largest absolute Gasteiger partial charge is 0.495 e. The summed E-state index contributed by atoms with van der Waals surface area (Å²) < 4.78 is 11.5. The van der Waals surface area contributed by atoms with Gasteiger partial charge in [-0.3, -0.25) is 0 Å². The van der Waals surface area contributed by atoms with Crippen LogP contribution in [0.15, 0.2) is 48.7 Å². The Morgan fingerprint density at radius 1 is 1.00 bits per heavy atom. The number of ether oxygens (including phenoxy) is 2. The summed E-state index contributed by atoms with van der Waals surface area (Å²) in [5.41, 5.74) is 3.68. The van der Waals surface area contributed by atoms with E-state index in [9.17, 15) is 5.26 Å². The van der Waals surface area contributed by atoms with Crippen molar-refractivity contribution in [3.63, 3.8) is 0 Å². The van der Waals surface area contributed by atoms with Crippen LogP contribution >= 0.6 is 0 Å². The van der Waals surface area contributed by atoms with Crippen LogP contribution in [0.3, 0.4) is 0 Å². The molecule has 36 heavy (non-hydrogen) atoms. The van der Waals surface area contributed by atoms with Gasteiger partial charge in [0.1, 0.15) is 29.0 Å². The van der Waals surface area contributed by atoms with Crippen LogP contribution in [0, 0.1) is 18.3 Å². The standard InChI is InChI=1S/C28H32N6O2/c1-4-5-6-7-10-15-36-21-13-14-24(35-3)23(16-21)32-28-33-26-25(20(17-29)18-30-26)27(34-28)31-22-12-9-8-11-19(22)2/h8-9,11-14,16,18H,4-7,10,15H2,1-3H3,(H3,30,31,32,33,34). The van der Waals surface area contributed by atoms with Gasteiger partial charge in [-0.25, -0.2) is 0 Å². The zero-order valence-electron chi connectivity index (χ0n) is 21.0. The van der Waals surface area contributed by atoms with Crippen molar-refractivity contribution in [2.24, 2.45) is 0 Å². The predicted molar refractivity (Wildman–Crippen MR) is 144 cm³/mol. The minimum Gasteiger partial charge on any atom is -0.495 e. The fourth-order valence-corrected chi connectivity index (χ4v) is 4.00. The minimum absolute atomic E-state index is 0.361. The number of aryl methyl sites for hydroxylation is 1. The highest BCUT2D eigenvalue weighted by Crippen LogP contribution is 2.33. The number of methoxy groups -OCH3 is 1. The van der Waals surface area contributed by atoms with Crippen LogP contribution in [0.25, 0.3) is 11.0 Å². The number of aromatic amines is 1. The molecule has 186 valence electrons. The van der Waals surface area contributed by atoms with Gasteiger partial charge in [0, 0.05) is 18.0 Å². The van der Waals surface area contributed by atoms with Gasteiger partial charge in [0.25, 0.3) is 0 Å². The van der Waals surface area contributed by atoms with E-state index in [4.69, 9.17) is 14.5 Å². The molecular formula is C28H32N6O2. The molecule has 0 fully saturated rings. The lowest BCUT2D eigenvalue weighted by Gasteiger charge is -2.15. The van der Waals surface area contributed by atoms with Gasteiger partial charge in [-0.2, -0.15) is 15.2 Å². The number of benzene rings is 2. The van der Waals surface area contributed by atoms with Crippen LogP contribution in [-0.4, -0.2) is 28.7 Å². The number of nitriles is 1. The molecule has 0 unspecified atom stereocenters. The highest BCUT2D eigenvalue weighted by atomic mass is 16.5. The van der Waals surface area contributed by atoms with Gasteiger partial charge in [-0.05, 0) is 37.1 Å². The molecule has 0 saturated carbocycles. The molecule has 2 heterocycles. The SMILES string of the molecule is CCCCCCCOc1ccc(OC)c(Nc2nc(Nc3ccccc3C)c3c(C#N)c[nH]c3n2)c1. The second kappa shape index (κ2) is 11.9. The zero-order valence-corrected chi connectivity index (χ0v) is 21.0. The minimum atomic E-state index is 0.361. The number of unbranched alkanes of at least 4 members (excludes halogenated alkanes) is 4. The van der Waals surface area contributed by atoms with Crippen molar-refractivity contribution in [3.05, 3.63) is 59.8 Å². The van der Waals surface area contributed by atoms with Gasteiger partial charge in [0.05, 0.1) is 30.4 Å². The third-order valence-electron chi connectivity index (χ3n) is 5.98. The Labute approximate surface area is 211 Å². The summed E-state index contributed by atoms with van der Waals surface area (Å²) in [5.74, 6) is 2.29. The van der Waals surface area contributed by atoms with Gasteiger partial charge < -0.3 is 25.1 Å². The van der Waals surface area contributed by atoms with E-state index in [0.29, 0.717) is 46.4 Å². The maximum Gasteiger partial charge on any atom is 0.231 e. The summed E-state index contributed by atoms with van der Waals surface area (Å²) in [4.78, 5) is 12.4. The molecule has 0 radical (unpaired) electrons. The Balaban J connectivity index is 1.60. The first-order valence-corrected chi connectivity index (χ1v) is 12.3. The van der Waals surface area contributed by atoms with E-state index in [-0.39, 0.29) is 0 Å². The van der Waals surface area contributed by atoms with Gasteiger partial charge in [0.15, 0.2) is 0 Å². The third-order valence-corrected chi connectivity index (χ3v) is 5.98. The number of hydrogen-bond donors (Lipinski definition) is 3. The maximum absolute atomic E-state index is 9.60. The van der Waals surface area contributed by atoms with Crippen LogP contribution in [0.1, 0.15) is 50.2 Å². The quantitative estimate of drug-likeness (QED) is 0.186. The molecular weight excluding hydrogens is 452 g/mol. The Hall–Kier alpha value is -4.25. The molecule has 8 nitrogen and oxygen atoms in total. The van der Waals surface area contributed by atoms with Crippen molar-refractivity contribution in [2.75, 3.05) is 24.4 Å². The van der Waals surface area contributed by atoms with Crippen LogP contribution < -0.4 is 20.1 Å². The smallest absolute Gasteiger partial charge is 0.231 e. The van der Waals surface area contributed by atoms with Crippen molar-refractivity contribution in [3.8, 4) is 17.6 Å². The van der Waals surface area contributed by atoms with E-state index in [1.807, 2.05) is 49.4 Å². The van der Waals surface area contributed by atoms with Gasteiger partial charge in [-0.15, -0.1) is 0 Å². The molecule has 0 atom stereocenters. The van der Waals surface area contributed by atoms with E-state index in [1.165, 1.54) is 25.7 Å². The van der Waals surface area contributed by atoms with Crippen LogP contribution in [0.2, 0.25) is 0 Å². The van der Waals surface area contributed by atoms with Crippen LogP contribution in [-0.2, 0) is 0 Å². The zero-order chi connectivity index (χ0) is 25.3. The lowest BCUT2D eigenvalue weighted by molar-refractivity contribution is 0.304. The number of rotatable bonds is 12. The first-order valence-electron chi connectivity index (χ1n) is 12.3. The number of nitrogens with one attached hydrogen (secondary N) is 3. The average molecular weight is 485 g/mol. The number of H-pyrrole nitrogens is 1. The lowest BCUT2D eigenvalue weighted by Crippen LogP contribution is -2.04. The van der Waals surface area contributed by atoms with Gasteiger partial charge in [-0.1, -0.05) is 50.8 Å². The number of nitrogens with zero attached hydrogens (tertiary/aromatic N) is 3. The number of hydrogen-bond acceptors (Lipinski definition) is 7. The first kappa shape index (κ1) is 24.9. The van der Waals surface area contributed by atoms with Crippen LogP contribution in [0.5, 0.6) is 11.5 Å². The average Bonchev–Trinajstić information content (AvgIpc) is 3.31. The number of fused-ring (bicyclic) bond motifs is 1. The molecule has 8 heteroatoms. The highest BCUT2D eigenvalue weighted by Gasteiger charge is 2.16. The number of para-hydroxylation sites is 1. The Bertz CT molecular complexity index is 1360. The molecule has 0 aliphatic heterocycles. The van der Waals surface area contributed by atoms with E-state index in [0.717, 1.165) is 23.4 Å². The van der Waals surface area contributed by atoms with Crippen molar-refractivity contribution in [1.29, 1.82) is 5.26 Å². The molecule has 0 saturated heterocycles. The summed E-state index contributed by atoms with van der Waals surface area (Å²) in [7, 11) is 1.62. The normalized spacial score (nSPS) is 10.7. The topological polar surface area (TPSA) is 108 Å². The van der Waals surface area contributed by atoms with Crippen molar-refractivity contribution < 1.29 is 9.47 Å². The maximum atomic E-state index is 9.60. The predicted octanol–water partition coefficient (Wildman–Crippen LogP) is 6.98. The Morgan fingerprint density at radius 2 is 1.83 bits per heavy atom. The fourth-order valence-electron chi connectivity index (χ4n) is 4.00. The van der Waals surface area contributed by atoms with E-state index >= 15 is 0 Å². The van der Waals surface area contributed by atoms with E-state index in [2.05, 4.69) is 33.6 Å². The fraction of sp³-hybridized carbons (Fsp3) is 0.321. The molecule has 4 aromatic rings. The van der Waals surface area contributed by atoms with Crippen molar-refractivity contribution in [1.82, 2.24) is 15.0 Å². The summed E-state index contributed by atoms with van der Waals surface area (Å²) in [6.45, 7) is 4.90. The molecule has 3 N–H and O–H groups in total. The monoisotopic (exact) mass is 484 g/mol. The molecule has 0 aliphatic carbocycles. The lowest BCUT2D eigenvalue weighted by atomic mass is 10.2. The van der Waals surface area contributed by atoms with Crippen molar-refractivity contribution >= 4 is 34.2 Å². The van der Waals surface area contributed by atoms with Gasteiger partial charge >= 0.3 is 0 Å². The summed E-state index contributed by atoms with van der Waals surface area (Å²) >= 11 is 0. The molecule has 0 bridgehead atoms. The molecule has 2 aromatic carbocycles. The third kappa shape index (κ3) is 5.87. The first-order chi connectivity index (χ1) is 17.6.